The summed E-state index contributed by atoms with van der Waals surface area (Å²) in [6.07, 6.45) is 1.80. The lowest BCUT2D eigenvalue weighted by molar-refractivity contribution is 0.986. The molecule has 0 unspecified atom stereocenters. The molecule has 10 rings (SSSR count). The first-order chi connectivity index (χ1) is 20.3. The van der Waals surface area contributed by atoms with Crippen LogP contribution in [0.5, 0.6) is 0 Å². The Hall–Kier alpha value is -5.55. The third kappa shape index (κ3) is 2.54. The Bertz CT molecular complexity index is 2710. The fraction of sp³-hybridized carbons (Fsp3) is 0.0278. The van der Waals surface area contributed by atoms with Crippen molar-refractivity contribution >= 4 is 81.7 Å². The van der Waals surface area contributed by atoms with Crippen molar-refractivity contribution in [1.29, 1.82) is 0 Å². The van der Waals surface area contributed by atoms with E-state index < -0.39 is 0 Å². The number of para-hydroxylation sites is 2. The van der Waals surface area contributed by atoms with Gasteiger partial charge >= 0.3 is 0 Å². The van der Waals surface area contributed by atoms with Crippen LogP contribution in [0.15, 0.2) is 109 Å². The van der Waals surface area contributed by atoms with Gasteiger partial charge in [-0.3, -0.25) is 9.55 Å². The van der Waals surface area contributed by atoms with E-state index in [1.807, 2.05) is 19.1 Å². The van der Waals surface area contributed by atoms with Crippen LogP contribution in [0.3, 0.4) is 0 Å². The predicted octanol–water partition coefficient (Wildman–Crippen LogP) is 8.73. The first-order valence-corrected chi connectivity index (χ1v) is 13.9. The first-order valence-electron chi connectivity index (χ1n) is 13.9. The molecule has 0 spiro atoms. The zero-order valence-electron chi connectivity index (χ0n) is 22.1. The molecule has 0 aliphatic rings. The summed E-state index contributed by atoms with van der Waals surface area (Å²) in [5.41, 5.74) is 8.50. The normalized spacial score (nSPS) is 12.5. The van der Waals surface area contributed by atoms with Gasteiger partial charge in [0.15, 0.2) is 0 Å². The zero-order valence-corrected chi connectivity index (χ0v) is 22.1. The Balaban J connectivity index is 1.54. The lowest BCUT2D eigenvalue weighted by atomic mass is 10.0. The van der Waals surface area contributed by atoms with Crippen LogP contribution >= 0.6 is 0 Å². The zero-order chi connectivity index (χ0) is 26.8. The van der Waals surface area contributed by atoms with E-state index in [9.17, 15) is 0 Å². The van der Waals surface area contributed by atoms with Crippen LogP contribution in [0.25, 0.3) is 87.7 Å². The quantitative estimate of drug-likeness (QED) is 0.216. The van der Waals surface area contributed by atoms with Gasteiger partial charge in [-0.25, -0.2) is 9.97 Å². The SMILES string of the molecule is Cc1nc(-n2c3ccccc3c3cc4c5ccccc5n5c6c7ccccc7ccc6c(c32)c45)nc2cccnc12. The van der Waals surface area contributed by atoms with Gasteiger partial charge in [-0.05, 0) is 42.6 Å². The van der Waals surface area contributed by atoms with E-state index in [-0.39, 0.29) is 0 Å². The third-order valence-electron chi connectivity index (χ3n) is 8.80. The lowest BCUT2D eigenvalue weighted by Gasteiger charge is -2.10. The second kappa shape index (κ2) is 7.34. The van der Waals surface area contributed by atoms with Gasteiger partial charge in [0.2, 0.25) is 5.95 Å². The second-order valence-electron chi connectivity index (χ2n) is 10.9. The molecule has 0 saturated carbocycles. The molecular formula is C36H21N5. The molecule has 190 valence electrons. The molecule has 0 aliphatic heterocycles. The number of aromatic nitrogens is 5. The van der Waals surface area contributed by atoms with Crippen LogP contribution in [0.2, 0.25) is 0 Å². The number of fused-ring (bicyclic) bond motifs is 13. The molecule has 0 bridgehead atoms. The van der Waals surface area contributed by atoms with E-state index in [0.717, 1.165) is 27.8 Å². The smallest absolute Gasteiger partial charge is 0.235 e. The summed E-state index contributed by atoms with van der Waals surface area (Å²) in [5, 5.41) is 9.91. The van der Waals surface area contributed by atoms with Crippen LogP contribution < -0.4 is 0 Å². The van der Waals surface area contributed by atoms with Gasteiger partial charge < -0.3 is 4.40 Å². The average Bonchev–Trinajstić information content (AvgIpc) is 3.65. The Morgan fingerprint density at radius 1 is 0.561 bits per heavy atom. The summed E-state index contributed by atoms with van der Waals surface area (Å²) in [6.45, 7) is 2.02. The van der Waals surface area contributed by atoms with Gasteiger partial charge in [-0.2, -0.15) is 0 Å². The predicted molar refractivity (Wildman–Crippen MR) is 169 cm³/mol. The highest BCUT2D eigenvalue weighted by Gasteiger charge is 2.25. The molecule has 0 N–H and O–H groups in total. The molecule has 41 heavy (non-hydrogen) atoms. The van der Waals surface area contributed by atoms with E-state index in [1.54, 1.807) is 6.20 Å². The van der Waals surface area contributed by atoms with Gasteiger partial charge in [0.1, 0.15) is 5.52 Å². The molecule has 5 aromatic carbocycles. The topological polar surface area (TPSA) is 48.0 Å². The Labute approximate surface area is 233 Å². The number of pyridine rings is 1. The number of benzene rings is 5. The third-order valence-corrected chi connectivity index (χ3v) is 8.80. The van der Waals surface area contributed by atoms with Crippen molar-refractivity contribution in [3.05, 3.63) is 115 Å². The highest BCUT2D eigenvalue weighted by Crippen LogP contribution is 2.47. The van der Waals surface area contributed by atoms with Gasteiger partial charge in [0.25, 0.3) is 0 Å². The molecule has 10 aromatic rings. The number of rotatable bonds is 1. The van der Waals surface area contributed by atoms with Gasteiger partial charge in [0, 0.05) is 43.9 Å². The van der Waals surface area contributed by atoms with Crippen molar-refractivity contribution < 1.29 is 0 Å². The molecule has 0 radical (unpaired) electrons. The van der Waals surface area contributed by atoms with Crippen LogP contribution in [0.4, 0.5) is 0 Å². The monoisotopic (exact) mass is 523 g/mol. The van der Waals surface area contributed by atoms with Crippen molar-refractivity contribution in [2.24, 2.45) is 0 Å². The largest absolute Gasteiger partial charge is 0.307 e. The van der Waals surface area contributed by atoms with Crippen molar-refractivity contribution in [3.63, 3.8) is 0 Å². The number of nitrogens with zero attached hydrogens (tertiary/aromatic N) is 5. The Morgan fingerprint density at radius 2 is 1.29 bits per heavy atom. The van der Waals surface area contributed by atoms with E-state index in [4.69, 9.17) is 9.97 Å². The van der Waals surface area contributed by atoms with Gasteiger partial charge in [0.05, 0.1) is 38.8 Å². The fourth-order valence-electron chi connectivity index (χ4n) is 7.17. The lowest BCUT2D eigenvalue weighted by Crippen LogP contribution is -2.04. The minimum Gasteiger partial charge on any atom is -0.307 e. The minimum atomic E-state index is 0.668. The highest BCUT2D eigenvalue weighted by atomic mass is 15.2. The molecule has 5 heteroatoms. The van der Waals surface area contributed by atoms with Crippen molar-refractivity contribution in [2.75, 3.05) is 0 Å². The van der Waals surface area contributed by atoms with Gasteiger partial charge in [-0.1, -0.05) is 72.8 Å². The Morgan fingerprint density at radius 3 is 2.17 bits per heavy atom. The van der Waals surface area contributed by atoms with Crippen molar-refractivity contribution in [3.8, 4) is 5.95 Å². The maximum atomic E-state index is 5.08. The molecule has 5 aromatic heterocycles. The molecule has 0 saturated heterocycles. The molecule has 5 heterocycles. The molecule has 0 atom stereocenters. The van der Waals surface area contributed by atoms with E-state index in [0.29, 0.717) is 5.95 Å². The maximum Gasteiger partial charge on any atom is 0.235 e. The number of hydrogen-bond acceptors (Lipinski definition) is 3. The molecule has 5 nitrogen and oxygen atoms in total. The summed E-state index contributed by atoms with van der Waals surface area (Å²) >= 11 is 0. The summed E-state index contributed by atoms with van der Waals surface area (Å²) in [6, 6.07) is 37.0. The minimum absolute atomic E-state index is 0.668. The molecule has 0 fully saturated rings. The fourth-order valence-corrected chi connectivity index (χ4v) is 7.17. The maximum absolute atomic E-state index is 5.08. The van der Waals surface area contributed by atoms with Crippen LogP contribution in [-0.4, -0.2) is 23.9 Å². The number of aryl methyl sites for hydroxylation is 1. The van der Waals surface area contributed by atoms with Crippen LogP contribution in [0.1, 0.15) is 5.69 Å². The molecule has 0 amide bonds. The highest BCUT2D eigenvalue weighted by molar-refractivity contribution is 6.36. The Kier molecular flexibility index (Phi) is 3.81. The summed E-state index contributed by atoms with van der Waals surface area (Å²) in [5.74, 6) is 0.668. The van der Waals surface area contributed by atoms with E-state index >= 15 is 0 Å². The molecule has 0 aliphatic carbocycles. The summed E-state index contributed by atoms with van der Waals surface area (Å²) in [4.78, 5) is 14.7. The van der Waals surface area contributed by atoms with Crippen molar-refractivity contribution in [2.45, 2.75) is 6.92 Å². The second-order valence-corrected chi connectivity index (χ2v) is 10.9. The number of hydrogen-bond donors (Lipinski definition) is 0. The van der Waals surface area contributed by atoms with Crippen LogP contribution in [0, 0.1) is 6.92 Å². The van der Waals surface area contributed by atoms with Crippen LogP contribution in [-0.2, 0) is 0 Å². The van der Waals surface area contributed by atoms with Gasteiger partial charge in [-0.15, -0.1) is 0 Å². The van der Waals surface area contributed by atoms with E-state index in [1.165, 1.54) is 59.6 Å². The summed E-state index contributed by atoms with van der Waals surface area (Å²) in [7, 11) is 0. The average molecular weight is 524 g/mol. The van der Waals surface area contributed by atoms with E-state index in [2.05, 4.69) is 105 Å². The van der Waals surface area contributed by atoms with Crippen molar-refractivity contribution in [1.82, 2.24) is 23.9 Å². The molecular weight excluding hydrogens is 502 g/mol. The summed E-state index contributed by atoms with van der Waals surface area (Å²) < 4.78 is 4.75. The standard InChI is InChI=1S/C36H21N5/c1-20-32-28(13-8-18-37-32)39-36(38-20)41-30-15-7-5-12-24(30)27-19-26-23-11-4-6-14-29(23)40-33-22-10-3-2-9-21(22)16-17-25(33)31(34(26)40)35(27)41/h2-19H,1H3. The first kappa shape index (κ1) is 21.3.